The van der Waals surface area contributed by atoms with Crippen LogP contribution in [0, 0.1) is 16.0 Å². The number of nitrogens with zero attached hydrogens (tertiary/aromatic N) is 1. The Morgan fingerprint density at radius 3 is 2.70 bits per heavy atom. The van der Waals surface area contributed by atoms with E-state index in [0.717, 1.165) is 22.1 Å². The van der Waals surface area contributed by atoms with E-state index in [1.807, 2.05) is 6.07 Å². The highest BCUT2D eigenvalue weighted by molar-refractivity contribution is 9.10. The molecule has 23 heavy (non-hydrogen) atoms. The van der Waals surface area contributed by atoms with Gasteiger partial charge in [-0.05, 0) is 41.7 Å². The average molecular weight is 371 g/mol. The summed E-state index contributed by atoms with van der Waals surface area (Å²) in [4.78, 5) is 10.7. The van der Waals surface area contributed by atoms with E-state index in [0.29, 0.717) is 5.92 Å². The van der Waals surface area contributed by atoms with Gasteiger partial charge in [0.2, 0.25) is 0 Å². The number of nitro benzene ring substituents is 1. The van der Waals surface area contributed by atoms with Gasteiger partial charge in [-0.3, -0.25) is 10.1 Å². The standard InChI is InChI=1S/C18H15BrN2O2/c19-12-6-4-11(5-7-12)18-15-3-1-2-14(15)16-10-13(21(22)23)8-9-17(16)20-18/h1-2,4-10,14-15,18,20H,3H2/t14-,15+,18-/m1/s1. The average Bonchev–Trinajstić information content (AvgIpc) is 3.04. The molecular formula is C18H15BrN2O2. The second-order valence-electron chi connectivity index (χ2n) is 6.06. The predicted octanol–water partition coefficient (Wildman–Crippen LogP) is 5.18. The Bertz CT molecular complexity index is 801. The Kier molecular flexibility index (Phi) is 3.45. The Morgan fingerprint density at radius 2 is 1.96 bits per heavy atom. The van der Waals surface area contributed by atoms with E-state index in [9.17, 15) is 10.1 Å². The van der Waals surface area contributed by atoms with Crippen molar-refractivity contribution in [1.82, 2.24) is 0 Å². The van der Waals surface area contributed by atoms with Crippen LogP contribution in [0.4, 0.5) is 11.4 Å². The van der Waals surface area contributed by atoms with E-state index in [1.54, 1.807) is 12.1 Å². The molecule has 0 radical (unpaired) electrons. The fourth-order valence-electron chi connectivity index (χ4n) is 3.70. The van der Waals surface area contributed by atoms with E-state index in [1.165, 1.54) is 5.56 Å². The summed E-state index contributed by atoms with van der Waals surface area (Å²) >= 11 is 3.48. The van der Waals surface area contributed by atoms with Crippen LogP contribution >= 0.6 is 15.9 Å². The van der Waals surface area contributed by atoms with Gasteiger partial charge in [-0.15, -0.1) is 0 Å². The third kappa shape index (κ3) is 2.45. The Morgan fingerprint density at radius 1 is 1.17 bits per heavy atom. The highest BCUT2D eigenvalue weighted by Gasteiger charge is 2.38. The van der Waals surface area contributed by atoms with Gasteiger partial charge in [0, 0.05) is 28.2 Å². The van der Waals surface area contributed by atoms with Gasteiger partial charge in [-0.2, -0.15) is 0 Å². The highest BCUT2D eigenvalue weighted by atomic mass is 79.9. The summed E-state index contributed by atoms with van der Waals surface area (Å²) in [7, 11) is 0. The van der Waals surface area contributed by atoms with Crippen molar-refractivity contribution < 1.29 is 4.92 Å². The number of nitro groups is 1. The van der Waals surface area contributed by atoms with E-state index >= 15 is 0 Å². The minimum absolute atomic E-state index is 0.159. The number of non-ortho nitro benzene ring substituents is 1. The molecule has 2 aromatic carbocycles. The van der Waals surface area contributed by atoms with Gasteiger partial charge in [0.15, 0.2) is 0 Å². The lowest BCUT2D eigenvalue weighted by Crippen LogP contribution is -2.29. The number of anilines is 1. The molecule has 1 heterocycles. The normalized spacial score (nSPS) is 24.7. The molecule has 1 N–H and O–H groups in total. The molecule has 5 heteroatoms. The fraction of sp³-hybridized carbons (Fsp3) is 0.222. The molecule has 1 aliphatic carbocycles. The van der Waals surface area contributed by atoms with Crippen LogP contribution in [0.1, 0.15) is 29.5 Å². The quantitative estimate of drug-likeness (QED) is 0.449. The van der Waals surface area contributed by atoms with Crippen molar-refractivity contribution in [1.29, 1.82) is 0 Å². The first kappa shape index (κ1) is 14.5. The molecule has 4 rings (SSSR count). The number of rotatable bonds is 2. The molecule has 4 nitrogen and oxygen atoms in total. The number of hydrogen-bond acceptors (Lipinski definition) is 3. The summed E-state index contributed by atoms with van der Waals surface area (Å²) in [5.74, 6) is 0.630. The van der Waals surface area contributed by atoms with E-state index < -0.39 is 0 Å². The lowest BCUT2D eigenvalue weighted by atomic mass is 9.77. The van der Waals surface area contributed by atoms with Gasteiger partial charge < -0.3 is 5.32 Å². The van der Waals surface area contributed by atoms with Crippen molar-refractivity contribution in [3.05, 3.63) is 80.3 Å². The number of benzene rings is 2. The van der Waals surface area contributed by atoms with Gasteiger partial charge in [-0.25, -0.2) is 0 Å². The van der Waals surface area contributed by atoms with Crippen molar-refractivity contribution in [2.45, 2.75) is 18.4 Å². The zero-order valence-corrected chi connectivity index (χ0v) is 13.9. The Balaban J connectivity index is 1.77. The lowest BCUT2D eigenvalue weighted by Gasteiger charge is -2.37. The van der Waals surface area contributed by atoms with Crippen molar-refractivity contribution in [2.24, 2.45) is 5.92 Å². The van der Waals surface area contributed by atoms with E-state index in [-0.39, 0.29) is 22.6 Å². The molecule has 0 aromatic heterocycles. The van der Waals surface area contributed by atoms with Gasteiger partial charge in [0.25, 0.3) is 5.69 Å². The number of fused-ring (bicyclic) bond motifs is 3. The zero-order chi connectivity index (χ0) is 16.0. The number of hydrogen-bond donors (Lipinski definition) is 1. The smallest absolute Gasteiger partial charge is 0.269 e. The third-order valence-corrected chi connectivity index (χ3v) is 5.31. The second kappa shape index (κ2) is 5.49. The fourth-order valence-corrected chi connectivity index (χ4v) is 3.96. The summed E-state index contributed by atoms with van der Waals surface area (Å²) < 4.78 is 1.06. The molecule has 0 bridgehead atoms. The third-order valence-electron chi connectivity index (χ3n) is 4.79. The van der Waals surface area contributed by atoms with Gasteiger partial charge in [-0.1, -0.05) is 40.2 Å². The number of halogens is 1. The lowest BCUT2D eigenvalue weighted by molar-refractivity contribution is -0.384. The molecule has 0 saturated heterocycles. The van der Waals surface area contributed by atoms with E-state index in [4.69, 9.17) is 0 Å². The van der Waals surface area contributed by atoms with Crippen molar-refractivity contribution in [3.63, 3.8) is 0 Å². The highest BCUT2D eigenvalue weighted by Crippen LogP contribution is 2.50. The summed E-state index contributed by atoms with van der Waals surface area (Å²) in [6.45, 7) is 0. The van der Waals surface area contributed by atoms with Crippen LogP contribution in [0.5, 0.6) is 0 Å². The molecule has 0 fully saturated rings. The van der Waals surface area contributed by atoms with Crippen molar-refractivity contribution >= 4 is 27.3 Å². The molecule has 0 unspecified atom stereocenters. The zero-order valence-electron chi connectivity index (χ0n) is 12.3. The molecular weight excluding hydrogens is 356 g/mol. The van der Waals surface area contributed by atoms with Crippen LogP contribution < -0.4 is 5.32 Å². The van der Waals surface area contributed by atoms with E-state index in [2.05, 4.69) is 57.7 Å². The minimum atomic E-state index is -0.325. The Labute approximate surface area is 142 Å². The maximum Gasteiger partial charge on any atom is 0.269 e. The maximum absolute atomic E-state index is 11.1. The predicted molar refractivity (Wildman–Crippen MR) is 93.6 cm³/mol. The van der Waals surface area contributed by atoms with Gasteiger partial charge in [0.05, 0.1) is 11.0 Å². The first-order valence-corrected chi connectivity index (χ1v) is 8.40. The van der Waals surface area contributed by atoms with Crippen LogP contribution in [0.3, 0.4) is 0 Å². The number of nitrogens with one attached hydrogen (secondary N) is 1. The van der Waals surface area contributed by atoms with Crippen molar-refractivity contribution in [3.8, 4) is 0 Å². The van der Waals surface area contributed by atoms with Crippen LogP contribution in [-0.2, 0) is 0 Å². The summed E-state index contributed by atoms with van der Waals surface area (Å²) in [5.41, 5.74) is 3.44. The molecule has 0 saturated carbocycles. The molecule has 116 valence electrons. The van der Waals surface area contributed by atoms with Crippen molar-refractivity contribution in [2.75, 3.05) is 5.32 Å². The van der Waals surface area contributed by atoms with Crippen LogP contribution in [0.25, 0.3) is 0 Å². The molecule has 0 spiro atoms. The second-order valence-corrected chi connectivity index (χ2v) is 6.97. The number of allylic oxidation sites excluding steroid dienone is 2. The minimum Gasteiger partial charge on any atom is -0.378 e. The van der Waals surface area contributed by atoms with Crippen LogP contribution in [0.2, 0.25) is 0 Å². The van der Waals surface area contributed by atoms with Gasteiger partial charge >= 0.3 is 0 Å². The topological polar surface area (TPSA) is 55.2 Å². The first-order chi connectivity index (χ1) is 11.1. The van der Waals surface area contributed by atoms with Gasteiger partial charge in [0.1, 0.15) is 0 Å². The maximum atomic E-state index is 11.1. The molecule has 1 aliphatic heterocycles. The monoisotopic (exact) mass is 370 g/mol. The van der Waals surface area contributed by atoms with Crippen LogP contribution in [0.15, 0.2) is 59.1 Å². The summed E-state index contributed by atoms with van der Waals surface area (Å²) in [6.07, 6.45) is 5.37. The molecule has 3 atom stereocenters. The molecule has 0 amide bonds. The SMILES string of the molecule is O=[N+]([O-])c1ccc2c(c1)[C@@H]1C=CC[C@@H]1[C@@H](c1ccc(Br)cc1)N2. The van der Waals surface area contributed by atoms with Crippen LogP contribution in [-0.4, -0.2) is 4.92 Å². The summed E-state index contributed by atoms with van der Waals surface area (Å²) in [5, 5.41) is 14.7. The Hall–Kier alpha value is -2.14. The molecule has 2 aromatic rings. The molecule has 2 aliphatic rings. The summed E-state index contributed by atoms with van der Waals surface area (Å²) in [6, 6.07) is 13.7. The first-order valence-electron chi connectivity index (χ1n) is 7.60. The largest absolute Gasteiger partial charge is 0.378 e.